The summed E-state index contributed by atoms with van der Waals surface area (Å²) in [6.45, 7) is 9.29. The van der Waals surface area contributed by atoms with E-state index < -0.39 is 0 Å². The molecular formula is C14H19N. The molecule has 1 heteroatoms. The Morgan fingerprint density at radius 1 is 1.33 bits per heavy atom. The van der Waals surface area contributed by atoms with Gasteiger partial charge in [-0.15, -0.1) is 0 Å². The van der Waals surface area contributed by atoms with E-state index >= 15 is 0 Å². The van der Waals surface area contributed by atoms with E-state index in [0.717, 1.165) is 11.8 Å². The van der Waals surface area contributed by atoms with Crippen molar-refractivity contribution < 1.29 is 0 Å². The molecule has 0 aromatic carbocycles. The number of hydrogen-bond acceptors (Lipinski definition) is 1. The first kappa shape index (κ1) is 9.38. The molecule has 0 radical (unpaired) electrons. The first-order valence-corrected chi connectivity index (χ1v) is 5.99. The number of aromatic nitrogens is 1. The zero-order valence-corrected chi connectivity index (χ0v) is 10.0. The van der Waals surface area contributed by atoms with Gasteiger partial charge in [0.05, 0.1) is 0 Å². The van der Waals surface area contributed by atoms with E-state index in [1.54, 1.807) is 0 Å². The van der Waals surface area contributed by atoms with Crippen LogP contribution in [0.4, 0.5) is 0 Å². The fraction of sp³-hybridized carbons (Fsp3) is 0.643. The molecule has 1 aromatic rings. The monoisotopic (exact) mass is 201 g/mol. The van der Waals surface area contributed by atoms with Crippen molar-refractivity contribution >= 4 is 0 Å². The highest BCUT2D eigenvalue weighted by atomic mass is 14.8. The fourth-order valence-corrected chi connectivity index (χ4v) is 3.77. The first-order valence-electron chi connectivity index (χ1n) is 5.99. The third kappa shape index (κ3) is 1.01. The molecule has 0 amide bonds. The average Bonchev–Trinajstić information content (AvgIpc) is 2.18. The molecule has 1 fully saturated rings. The van der Waals surface area contributed by atoms with Crippen molar-refractivity contribution in [2.75, 3.05) is 0 Å². The topological polar surface area (TPSA) is 12.9 Å². The second kappa shape index (κ2) is 2.63. The van der Waals surface area contributed by atoms with Gasteiger partial charge in [0.15, 0.2) is 0 Å². The number of pyridine rings is 1. The Kier molecular flexibility index (Phi) is 1.65. The zero-order valence-electron chi connectivity index (χ0n) is 10.0. The molecule has 0 N–H and O–H groups in total. The van der Waals surface area contributed by atoms with Crippen LogP contribution in [-0.4, -0.2) is 4.98 Å². The minimum Gasteiger partial charge on any atom is -0.258 e. The summed E-state index contributed by atoms with van der Waals surface area (Å²) in [7, 11) is 0. The van der Waals surface area contributed by atoms with Crippen LogP contribution in [0.15, 0.2) is 12.1 Å². The van der Waals surface area contributed by atoms with Crippen molar-refractivity contribution in [1.82, 2.24) is 4.98 Å². The van der Waals surface area contributed by atoms with Gasteiger partial charge in [-0.25, -0.2) is 0 Å². The molecule has 0 spiro atoms. The van der Waals surface area contributed by atoms with E-state index in [2.05, 4.69) is 39.8 Å². The van der Waals surface area contributed by atoms with Crippen molar-refractivity contribution in [3.63, 3.8) is 0 Å². The third-order valence-corrected chi connectivity index (χ3v) is 4.85. The van der Waals surface area contributed by atoms with Gasteiger partial charge in [-0.2, -0.15) is 0 Å². The highest BCUT2D eigenvalue weighted by Gasteiger charge is 2.55. The van der Waals surface area contributed by atoms with Crippen LogP contribution < -0.4 is 0 Å². The average molecular weight is 201 g/mol. The van der Waals surface area contributed by atoms with Gasteiger partial charge in [0.2, 0.25) is 0 Å². The standard InChI is InChI=1S/C14H19N/c1-8-5-6-10-12-7-11(14(12,3)4)9(2)13(10)15-8/h5-6,9,11-12H,7H2,1-4H3/t9-,11+,12-/m0/s1. The van der Waals surface area contributed by atoms with E-state index in [-0.39, 0.29) is 0 Å². The molecule has 4 rings (SSSR count). The molecule has 1 heterocycles. The summed E-state index contributed by atoms with van der Waals surface area (Å²) in [5.74, 6) is 2.27. The summed E-state index contributed by atoms with van der Waals surface area (Å²) in [4.78, 5) is 4.74. The van der Waals surface area contributed by atoms with Crippen LogP contribution >= 0.6 is 0 Å². The molecule has 3 aliphatic rings. The summed E-state index contributed by atoms with van der Waals surface area (Å²) in [5.41, 5.74) is 4.58. The summed E-state index contributed by atoms with van der Waals surface area (Å²) in [6, 6.07) is 4.48. The number of aryl methyl sites for hydroxylation is 1. The number of rotatable bonds is 0. The van der Waals surface area contributed by atoms with Gasteiger partial charge in [0.1, 0.15) is 0 Å². The maximum Gasteiger partial charge on any atom is 0.0472 e. The van der Waals surface area contributed by atoms with Crippen molar-refractivity contribution in [1.29, 1.82) is 0 Å². The van der Waals surface area contributed by atoms with E-state index in [1.165, 1.54) is 23.4 Å². The molecule has 0 aliphatic heterocycles. The molecule has 2 bridgehead atoms. The van der Waals surface area contributed by atoms with Gasteiger partial charge in [-0.05, 0) is 42.2 Å². The molecule has 1 saturated carbocycles. The maximum atomic E-state index is 4.74. The molecule has 1 nitrogen and oxygen atoms in total. The van der Waals surface area contributed by atoms with Gasteiger partial charge in [-0.3, -0.25) is 4.98 Å². The Morgan fingerprint density at radius 2 is 2.07 bits per heavy atom. The molecule has 0 unspecified atom stereocenters. The third-order valence-electron chi connectivity index (χ3n) is 4.85. The van der Waals surface area contributed by atoms with Crippen LogP contribution in [0.5, 0.6) is 0 Å². The van der Waals surface area contributed by atoms with Crippen LogP contribution in [0.3, 0.4) is 0 Å². The highest BCUT2D eigenvalue weighted by molar-refractivity contribution is 5.39. The second-order valence-electron chi connectivity index (χ2n) is 5.93. The Bertz CT molecular complexity index is 419. The lowest BCUT2D eigenvalue weighted by atomic mass is 9.45. The minimum absolute atomic E-state index is 0.503. The van der Waals surface area contributed by atoms with Crippen LogP contribution in [0.2, 0.25) is 0 Å². The smallest absolute Gasteiger partial charge is 0.0472 e. The van der Waals surface area contributed by atoms with E-state index in [1.807, 2.05) is 0 Å². The summed E-state index contributed by atoms with van der Waals surface area (Å²) < 4.78 is 0. The van der Waals surface area contributed by atoms with E-state index in [4.69, 9.17) is 4.98 Å². The largest absolute Gasteiger partial charge is 0.258 e. The number of nitrogens with zero attached hydrogens (tertiary/aromatic N) is 1. The second-order valence-corrected chi connectivity index (χ2v) is 5.93. The van der Waals surface area contributed by atoms with Crippen LogP contribution in [0, 0.1) is 18.3 Å². The molecule has 3 atom stereocenters. The molecule has 80 valence electrons. The Hall–Kier alpha value is -0.850. The molecule has 1 aromatic heterocycles. The molecular weight excluding hydrogens is 182 g/mol. The first-order chi connectivity index (χ1) is 7.01. The molecule has 3 aliphatic carbocycles. The lowest BCUT2D eigenvalue weighted by molar-refractivity contribution is -0.00284. The lowest BCUT2D eigenvalue weighted by Crippen LogP contribution is -2.50. The van der Waals surface area contributed by atoms with Crippen molar-refractivity contribution in [2.45, 2.75) is 46.0 Å². The van der Waals surface area contributed by atoms with E-state index in [9.17, 15) is 0 Å². The molecule has 0 saturated heterocycles. The predicted molar refractivity (Wildman–Crippen MR) is 62.0 cm³/mol. The predicted octanol–water partition coefficient (Wildman–Crippen LogP) is 3.64. The van der Waals surface area contributed by atoms with Gasteiger partial charge in [0.25, 0.3) is 0 Å². The van der Waals surface area contributed by atoms with Crippen LogP contribution in [-0.2, 0) is 0 Å². The SMILES string of the molecule is Cc1ccc2c(n1)[C@@H](C)[C@H]1C[C@@H]2C1(C)C. The van der Waals surface area contributed by atoms with Gasteiger partial charge >= 0.3 is 0 Å². The number of hydrogen-bond donors (Lipinski definition) is 0. The zero-order chi connectivity index (χ0) is 10.8. The minimum atomic E-state index is 0.503. The maximum absolute atomic E-state index is 4.74. The van der Waals surface area contributed by atoms with Gasteiger partial charge in [-0.1, -0.05) is 26.8 Å². The normalized spacial score (nSPS) is 35.6. The Labute approximate surface area is 91.9 Å². The molecule has 15 heavy (non-hydrogen) atoms. The Morgan fingerprint density at radius 3 is 2.73 bits per heavy atom. The fourth-order valence-electron chi connectivity index (χ4n) is 3.77. The van der Waals surface area contributed by atoms with Gasteiger partial charge in [0, 0.05) is 17.3 Å². The summed E-state index contributed by atoms with van der Waals surface area (Å²) in [5, 5.41) is 0. The van der Waals surface area contributed by atoms with Crippen molar-refractivity contribution in [3.05, 3.63) is 29.1 Å². The van der Waals surface area contributed by atoms with Crippen molar-refractivity contribution in [3.8, 4) is 0 Å². The van der Waals surface area contributed by atoms with Crippen LogP contribution in [0.25, 0.3) is 0 Å². The van der Waals surface area contributed by atoms with Gasteiger partial charge < -0.3 is 0 Å². The van der Waals surface area contributed by atoms with Crippen LogP contribution in [0.1, 0.15) is 56.0 Å². The highest BCUT2D eigenvalue weighted by Crippen LogP contribution is 2.65. The summed E-state index contributed by atoms with van der Waals surface area (Å²) >= 11 is 0. The lowest BCUT2D eigenvalue weighted by Gasteiger charge is -2.59. The quantitative estimate of drug-likeness (QED) is 0.624. The Balaban J connectivity index is 2.17. The van der Waals surface area contributed by atoms with Crippen molar-refractivity contribution in [2.24, 2.45) is 11.3 Å². The summed E-state index contributed by atoms with van der Waals surface area (Å²) in [6.07, 6.45) is 1.38. The van der Waals surface area contributed by atoms with E-state index in [0.29, 0.717) is 11.3 Å².